The van der Waals surface area contributed by atoms with Crippen LogP contribution in [0.2, 0.25) is 0 Å². The number of alkyl halides is 3. The van der Waals surface area contributed by atoms with Crippen molar-refractivity contribution in [1.82, 2.24) is 0 Å². The van der Waals surface area contributed by atoms with Crippen LogP contribution in [-0.2, 0) is 14.3 Å². The van der Waals surface area contributed by atoms with Gasteiger partial charge in [-0.3, -0.25) is 4.18 Å². The first-order chi connectivity index (χ1) is 5.21. The third kappa shape index (κ3) is 10.8. The van der Waals surface area contributed by atoms with Crippen molar-refractivity contribution in [1.29, 1.82) is 0 Å². The quantitative estimate of drug-likeness (QED) is 0.439. The highest BCUT2D eigenvalue weighted by Crippen LogP contribution is 2.31. The average Bonchev–Trinajstić information content (AvgIpc) is 1.76. The second-order valence-corrected chi connectivity index (χ2v) is 6.40. The molecule has 0 saturated carbocycles. The summed E-state index contributed by atoms with van der Waals surface area (Å²) in [7, 11) is -3.37. The zero-order valence-corrected chi connectivity index (χ0v) is 9.47. The minimum Gasteiger partial charge on any atom is -0.270 e. The third-order valence-electron chi connectivity index (χ3n) is 0.902. The minimum absolute atomic E-state index is 0.0484. The summed E-state index contributed by atoms with van der Waals surface area (Å²) in [4.78, 5) is 0. The zero-order chi connectivity index (χ0) is 9.83. The first-order valence-corrected chi connectivity index (χ1v) is 6.07. The number of hydrogen-bond acceptors (Lipinski definition) is 3. The smallest absolute Gasteiger partial charge is 0.264 e. The van der Waals surface area contributed by atoms with Crippen LogP contribution >= 0.6 is 34.8 Å². The first-order valence-electron chi connectivity index (χ1n) is 3.12. The first kappa shape index (κ1) is 12.8. The van der Waals surface area contributed by atoms with Gasteiger partial charge in [-0.15, -0.1) is 0 Å². The van der Waals surface area contributed by atoms with Crippen LogP contribution in [0.3, 0.4) is 0 Å². The molecule has 0 fully saturated rings. The molecule has 0 spiro atoms. The Kier molecular flexibility index (Phi) is 5.18. The van der Waals surface area contributed by atoms with Gasteiger partial charge >= 0.3 is 0 Å². The summed E-state index contributed by atoms with van der Waals surface area (Å²) in [5, 5.41) is 0. The molecule has 0 rings (SSSR count). The van der Waals surface area contributed by atoms with E-state index >= 15 is 0 Å². The summed E-state index contributed by atoms with van der Waals surface area (Å²) in [5.41, 5.74) is 0. The summed E-state index contributed by atoms with van der Waals surface area (Å²) in [6.45, 7) is 0.0484. The van der Waals surface area contributed by atoms with E-state index in [4.69, 9.17) is 34.8 Å². The predicted molar refractivity (Wildman–Crippen MR) is 50.3 cm³/mol. The van der Waals surface area contributed by atoms with E-state index in [9.17, 15) is 8.42 Å². The second kappa shape index (κ2) is 4.86. The lowest BCUT2D eigenvalue weighted by Crippen LogP contribution is -2.08. The van der Waals surface area contributed by atoms with E-state index in [0.717, 1.165) is 6.26 Å². The maximum absolute atomic E-state index is 10.4. The van der Waals surface area contributed by atoms with Crippen molar-refractivity contribution in [2.75, 3.05) is 12.9 Å². The molecule has 3 nitrogen and oxygen atoms in total. The van der Waals surface area contributed by atoms with Crippen LogP contribution in [-0.4, -0.2) is 25.1 Å². The van der Waals surface area contributed by atoms with E-state index in [1.807, 2.05) is 0 Å². The largest absolute Gasteiger partial charge is 0.270 e. The monoisotopic (exact) mass is 254 g/mol. The SMILES string of the molecule is CS(=O)(=O)OCCCC(Cl)(Cl)Cl. The van der Waals surface area contributed by atoms with Crippen molar-refractivity contribution in [3.05, 3.63) is 0 Å². The fourth-order valence-electron chi connectivity index (χ4n) is 0.483. The molecular weight excluding hydrogens is 246 g/mol. The van der Waals surface area contributed by atoms with Crippen LogP contribution in [0.5, 0.6) is 0 Å². The van der Waals surface area contributed by atoms with Crippen LogP contribution in [0.1, 0.15) is 12.8 Å². The lowest BCUT2D eigenvalue weighted by atomic mass is 10.4. The van der Waals surface area contributed by atoms with E-state index < -0.39 is 13.9 Å². The van der Waals surface area contributed by atoms with Gasteiger partial charge in [0, 0.05) is 0 Å². The summed E-state index contributed by atoms with van der Waals surface area (Å²) in [6.07, 6.45) is 1.64. The highest BCUT2D eigenvalue weighted by Gasteiger charge is 2.18. The summed E-state index contributed by atoms with van der Waals surface area (Å²) < 4.78 is 24.0. The van der Waals surface area contributed by atoms with E-state index in [0.29, 0.717) is 6.42 Å². The van der Waals surface area contributed by atoms with E-state index in [2.05, 4.69) is 4.18 Å². The van der Waals surface area contributed by atoms with Crippen LogP contribution in [0.4, 0.5) is 0 Å². The molecular formula is C5H9Cl3O3S. The van der Waals surface area contributed by atoms with Crippen molar-refractivity contribution in [3.8, 4) is 0 Å². The van der Waals surface area contributed by atoms with Crippen LogP contribution in [0, 0.1) is 0 Å². The lowest BCUT2D eigenvalue weighted by molar-refractivity contribution is 0.312. The zero-order valence-electron chi connectivity index (χ0n) is 6.39. The number of halogens is 3. The number of rotatable bonds is 4. The molecule has 0 aromatic heterocycles. The molecule has 0 bridgehead atoms. The molecule has 0 saturated heterocycles. The Morgan fingerprint density at radius 3 is 2.17 bits per heavy atom. The van der Waals surface area contributed by atoms with Crippen molar-refractivity contribution in [2.45, 2.75) is 16.6 Å². The predicted octanol–water partition coefficient (Wildman–Crippen LogP) is 2.11. The Balaban J connectivity index is 3.48. The van der Waals surface area contributed by atoms with Gasteiger partial charge in [0.2, 0.25) is 0 Å². The summed E-state index contributed by atoms with van der Waals surface area (Å²) in [5.74, 6) is 0. The van der Waals surface area contributed by atoms with E-state index in [1.54, 1.807) is 0 Å². The molecule has 0 aromatic rings. The Morgan fingerprint density at radius 2 is 1.83 bits per heavy atom. The fraction of sp³-hybridized carbons (Fsp3) is 1.00. The molecule has 0 aliphatic heterocycles. The molecule has 74 valence electrons. The molecule has 0 aliphatic carbocycles. The number of hydrogen-bond donors (Lipinski definition) is 0. The minimum atomic E-state index is -3.37. The maximum atomic E-state index is 10.4. The van der Waals surface area contributed by atoms with Gasteiger partial charge in [0.1, 0.15) is 0 Å². The van der Waals surface area contributed by atoms with Crippen molar-refractivity contribution in [2.24, 2.45) is 0 Å². The molecule has 12 heavy (non-hydrogen) atoms. The van der Waals surface area contributed by atoms with Gasteiger partial charge in [-0.05, 0) is 12.8 Å². The van der Waals surface area contributed by atoms with Crippen LogP contribution in [0.15, 0.2) is 0 Å². The molecule has 0 aliphatic rings. The highest BCUT2D eigenvalue weighted by molar-refractivity contribution is 7.85. The van der Waals surface area contributed by atoms with Crippen LogP contribution < -0.4 is 0 Å². The van der Waals surface area contributed by atoms with E-state index in [-0.39, 0.29) is 13.0 Å². The van der Waals surface area contributed by atoms with Gasteiger partial charge in [0.05, 0.1) is 12.9 Å². The maximum Gasteiger partial charge on any atom is 0.264 e. The molecule has 0 aromatic carbocycles. The Hall–Kier alpha value is 0.780. The van der Waals surface area contributed by atoms with Crippen LogP contribution in [0.25, 0.3) is 0 Å². The topological polar surface area (TPSA) is 43.4 Å². The molecule has 7 heteroatoms. The van der Waals surface area contributed by atoms with Gasteiger partial charge < -0.3 is 0 Å². The fourth-order valence-corrected chi connectivity index (χ4v) is 1.30. The molecule has 0 atom stereocenters. The normalized spacial score (nSPS) is 13.3. The average molecular weight is 256 g/mol. The standard InChI is InChI=1S/C5H9Cl3O3S/c1-12(9,10)11-4-2-3-5(6,7)8/h2-4H2,1H3. The lowest BCUT2D eigenvalue weighted by Gasteiger charge is -2.09. The molecule has 0 radical (unpaired) electrons. The van der Waals surface area contributed by atoms with Gasteiger partial charge in [0.25, 0.3) is 10.1 Å². The molecule has 0 N–H and O–H groups in total. The second-order valence-electron chi connectivity index (χ2n) is 2.24. The van der Waals surface area contributed by atoms with Gasteiger partial charge in [-0.1, -0.05) is 34.8 Å². The van der Waals surface area contributed by atoms with Crippen molar-refractivity contribution < 1.29 is 12.6 Å². The Labute approximate surface area is 87.1 Å². The van der Waals surface area contributed by atoms with Crippen molar-refractivity contribution >= 4 is 44.9 Å². The van der Waals surface area contributed by atoms with Gasteiger partial charge in [0.15, 0.2) is 3.79 Å². The van der Waals surface area contributed by atoms with Gasteiger partial charge in [-0.25, -0.2) is 0 Å². The Morgan fingerprint density at radius 1 is 1.33 bits per heavy atom. The molecule has 0 unspecified atom stereocenters. The van der Waals surface area contributed by atoms with E-state index in [1.165, 1.54) is 0 Å². The highest BCUT2D eigenvalue weighted by atomic mass is 35.6. The molecule has 0 amide bonds. The molecule has 0 heterocycles. The van der Waals surface area contributed by atoms with Gasteiger partial charge in [-0.2, -0.15) is 8.42 Å². The summed E-state index contributed by atoms with van der Waals surface area (Å²) >= 11 is 16.2. The summed E-state index contributed by atoms with van der Waals surface area (Å²) in [6, 6.07) is 0. The van der Waals surface area contributed by atoms with Crippen molar-refractivity contribution in [3.63, 3.8) is 0 Å². The Bertz CT molecular complexity index is 219. The third-order valence-corrected chi connectivity index (χ3v) is 2.06.